The molecule has 0 heterocycles. The summed E-state index contributed by atoms with van der Waals surface area (Å²) < 4.78 is 4.90. The Bertz CT molecular complexity index is 288. The van der Waals surface area contributed by atoms with E-state index in [0.717, 1.165) is 18.4 Å². The number of rotatable bonds is 5. The molecular formula is C12H19NO2. The Morgan fingerprint density at radius 3 is 2.53 bits per heavy atom. The van der Waals surface area contributed by atoms with Crippen LogP contribution in [-0.4, -0.2) is 12.6 Å². The zero-order chi connectivity index (χ0) is 11.9. The van der Waals surface area contributed by atoms with Gasteiger partial charge in [-0.25, -0.2) is 4.79 Å². The van der Waals surface area contributed by atoms with E-state index < -0.39 is 11.4 Å². The van der Waals surface area contributed by atoms with Gasteiger partial charge in [0.2, 0.25) is 0 Å². The lowest BCUT2D eigenvalue weighted by Gasteiger charge is -2.20. The zero-order valence-electron chi connectivity index (χ0n) is 9.96. The lowest BCUT2D eigenvalue weighted by Crippen LogP contribution is -2.29. The van der Waals surface area contributed by atoms with Crippen LogP contribution in [-0.2, 0) is 9.53 Å². The SMILES string of the molecule is CCC/C=C(\C)C(C)(C#N)C(=O)OCC. The number of nitrogens with zero attached hydrogens (tertiary/aromatic N) is 1. The Balaban J connectivity index is 4.85. The lowest BCUT2D eigenvalue weighted by molar-refractivity contribution is -0.149. The minimum Gasteiger partial charge on any atom is -0.465 e. The quantitative estimate of drug-likeness (QED) is 0.516. The summed E-state index contributed by atoms with van der Waals surface area (Å²) in [6, 6.07) is 2.03. The average molecular weight is 209 g/mol. The molecule has 0 radical (unpaired) electrons. The Morgan fingerprint density at radius 1 is 1.53 bits per heavy atom. The highest BCUT2D eigenvalue weighted by Crippen LogP contribution is 2.28. The molecule has 0 aromatic heterocycles. The van der Waals surface area contributed by atoms with Gasteiger partial charge < -0.3 is 4.74 Å². The third kappa shape index (κ3) is 3.39. The Morgan fingerprint density at radius 2 is 2.13 bits per heavy atom. The van der Waals surface area contributed by atoms with Gasteiger partial charge in [-0.1, -0.05) is 19.4 Å². The van der Waals surface area contributed by atoms with Crippen LogP contribution in [0.3, 0.4) is 0 Å². The third-order valence-corrected chi connectivity index (χ3v) is 2.44. The number of hydrogen-bond donors (Lipinski definition) is 0. The van der Waals surface area contributed by atoms with Crippen molar-refractivity contribution in [3.63, 3.8) is 0 Å². The van der Waals surface area contributed by atoms with Gasteiger partial charge in [0.25, 0.3) is 0 Å². The summed E-state index contributed by atoms with van der Waals surface area (Å²) in [5, 5.41) is 9.06. The van der Waals surface area contributed by atoms with Crippen LogP contribution in [0.2, 0.25) is 0 Å². The second kappa shape index (κ2) is 6.23. The van der Waals surface area contributed by atoms with E-state index in [1.165, 1.54) is 0 Å². The van der Waals surface area contributed by atoms with Crippen LogP contribution in [0.15, 0.2) is 11.6 Å². The number of esters is 1. The molecule has 0 aliphatic rings. The fourth-order valence-corrected chi connectivity index (χ4v) is 1.14. The molecule has 0 aromatic carbocycles. The van der Waals surface area contributed by atoms with Crippen molar-refractivity contribution in [3.8, 4) is 6.07 Å². The molecule has 1 unspecified atom stereocenters. The standard InChI is InChI=1S/C12H19NO2/c1-5-7-8-10(3)12(4,9-13)11(14)15-6-2/h8H,5-7H2,1-4H3/b10-8+. The molecule has 0 bridgehead atoms. The summed E-state index contributed by atoms with van der Waals surface area (Å²) in [7, 11) is 0. The predicted molar refractivity (Wildman–Crippen MR) is 59.0 cm³/mol. The van der Waals surface area contributed by atoms with Gasteiger partial charge in [0.15, 0.2) is 5.41 Å². The Labute approximate surface area is 91.7 Å². The highest BCUT2D eigenvalue weighted by atomic mass is 16.5. The maximum Gasteiger partial charge on any atom is 0.330 e. The highest BCUT2D eigenvalue weighted by molar-refractivity contribution is 5.83. The molecule has 0 aliphatic carbocycles. The largest absolute Gasteiger partial charge is 0.465 e. The number of nitriles is 1. The normalized spacial score (nSPS) is 15.3. The lowest BCUT2D eigenvalue weighted by atomic mass is 9.84. The topological polar surface area (TPSA) is 50.1 Å². The molecule has 0 fully saturated rings. The fraction of sp³-hybridized carbons (Fsp3) is 0.667. The smallest absolute Gasteiger partial charge is 0.330 e. The van der Waals surface area contributed by atoms with Gasteiger partial charge in [0.1, 0.15) is 0 Å². The Hall–Kier alpha value is -1.30. The first kappa shape index (κ1) is 13.7. The molecule has 0 aromatic rings. The second-order valence-corrected chi connectivity index (χ2v) is 3.63. The average Bonchev–Trinajstić information content (AvgIpc) is 2.24. The maximum absolute atomic E-state index is 11.6. The molecule has 0 spiro atoms. The minimum atomic E-state index is -1.13. The van der Waals surface area contributed by atoms with Crippen LogP contribution < -0.4 is 0 Å². The van der Waals surface area contributed by atoms with E-state index in [2.05, 4.69) is 6.92 Å². The van der Waals surface area contributed by atoms with Gasteiger partial charge in [-0.2, -0.15) is 5.26 Å². The van der Waals surface area contributed by atoms with Crippen LogP contribution in [0.25, 0.3) is 0 Å². The Kier molecular flexibility index (Phi) is 5.69. The summed E-state index contributed by atoms with van der Waals surface area (Å²) in [5.41, 5.74) is -0.365. The number of carbonyl (C=O) groups excluding carboxylic acids is 1. The van der Waals surface area contributed by atoms with Crippen molar-refractivity contribution in [2.75, 3.05) is 6.61 Å². The molecule has 1 atom stereocenters. The highest BCUT2D eigenvalue weighted by Gasteiger charge is 2.36. The van der Waals surface area contributed by atoms with E-state index in [4.69, 9.17) is 10.00 Å². The zero-order valence-corrected chi connectivity index (χ0v) is 9.96. The molecule has 3 nitrogen and oxygen atoms in total. The summed E-state index contributed by atoms with van der Waals surface area (Å²) in [5.74, 6) is -0.461. The van der Waals surface area contributed by atoms with Crippen molar-refractivity contribution >= 4 is 5.97 Å². The van der Waals surface area contributed by atoms with Crippen molar-refractivity contribution < 1.29 is 9.53 Å². The van der Waals surface area contributed by atoms with Gasteiger partial charge in [-0.05, 0) is 32.8 Å². The minimum absolute atomic E-state index is 0.303. The maximum atomic E-state index is 11.6. The van der Waals surface area contributed by atoms with Gasteiger partial charge >= 0.3 is 5.97 Å². The third-order valence-electron chi connectivity index (χ3n) is 2.44. The van der Waals surface area contributed by atoms with Crippen molar-refractivity contribution in [2.45, 2.75) is 40.5 Å². The first-order valence-electron chi connectivity index (χ1n) is 5.28. The molecule has 3 heteroatoms. The van der Waals surface area contributed by atoms with Gasteiger partial charge in [0, 0.05) is 0 Å². The van der Waals surface area contributed by atoms with Gasteiger partial charge in [0.05, 0.1) is 12.7 Å². The van der Waals surface area contributed by atoms with E-state index in [-0.39, 0.29) is 0 Å². The first-order valence-corrected chi connectivity index (χ1v) is 5.28. The van der Waals surface area contributed by atoms with Crippen molar-refractivity contribution in [1.29, 1.82) is 5.26 Å². The van der Waals surface area contributed by atoms with Gasteiger partial charge in [-0.15, -0.1) is 0 Å². The molecule has 0 aliphatic heterocycles. The fourth-order valence-electron chi connectivity index (χ4n) is 1.14. The molecule has 0 N–H and O–H groups in total. The number of carbonyl (C=O) groups is 1. The number of ether oxygens (including phenoxy) is 1. The monoisotopic (exact) mass is 209 g/mol. The van der Waals surface area contributed by atoms with Crippen molar-refractivity contribution in [2.24, 2.45) is 5.41 Å². The number of allylic oxidation sites excluding steroid dienone is 1. The summed E-state index contributed by atoms with van der Waals surface area (Å²) in [6.45, 7) is 7.50. The van der Waals surface area contributed by atoms with Crippen LogP contribution in [0, 0.1) is 16.7 Å². The number of hydrogen-bond acceptors (Lipinski definition) is 3. The van der Waals surface area contributed by atoms with E-state index in [0.29, 0.717) is 6.61 Å². The molecule has 15 heavy (non-hydrogen) atoms. The molecule has 0 rings (SSSR count). The van der Waals surface area contributed by atoms with E-state index >= 15 is 0 Å². The predicted octanol–water partition coefficient (Wildman–Crippen LogP) is 2.83. The van der Waals surface area contributed by atoms with E-state index in [1.54, 1.807) is 20.8 Å². The molecule has 0 amide bonds. The van der Waals surface area contributed by atoms with Crippen LogP contribution in [0.1, 0.15) is 40.5 Å². The molecular weight excluding hydrogens is 190 g/mol. The summed E-state index contributed by atoms with van der Waals surface area (Å²) >= 11 is 0. The van der Waals surface area contributed by atoms with E-state index in [9.17, 15) is 4.79 Å². The van der Waals surface area contributed by atoms with Crippen LogP contribution in [0.4, 0.5) is 0 Å². The van der Waals surface area contributed by atoms with Crippen LogP contribution in [0.5, 0.6) is 0 Å². The van der Waals surface area contributed by atoms with Gasteiger partial charge in [-0.3, -0.25) is 0 Å². The van der Waals surface area contributed by atoms with Crippen molar-refractivity contribution in [1.82, 2.24) is 0 Å². The van der Waals surface area contributed by atoms with Crippen molar-refractivity contribution in [3.05, 3.63) is 11.6 Å². The summed E-state index contributed by atoms with van der Waals surface area (Å²) in [6.07, 6.45) is 3.81. The molecule has 84 valence electrons. The summed E-state index contributed by atoms with van der Waals surface area (Å²) in [4.78, 5) is 11.6. The van der Waals surface area contributed by atoms with Crippen LogP contribution >= 0.6 is 0 Å². The molecule has 0 saturated heterocycles. The second-order valence-electron chi connectivity index (χ2n) is 3.63. The number of unbranched alkanes of at least 4 members (excludes halogenated alkanes) is 1. The first-order chi connectivity index (χ1) is 7.02. The molecule has 0 saturated carbocycles. The van der Waals surface area contributed by atoms with E-state index in [1.807, 2.05) is 12.1 Å².